The molecule has 0 aliphatic rings. The highest BCUT2D eigenvalue weighted by Crippen LogP contribution is 2.31. The lowest BCUT2D eigenvalue weighted by Gasteiger charge is -2.13. The summed E-state index contributed by atoms with van der Waals surface area (Å²) in [7, 11) is 0. The van der Waals surface area contributed by atoms with Crippen molar-refractivity contribution in [2.45, 2.75) is 13.8 Å². The van der Waals surface area contributed by atoms with E-state index in [2.05, 4.69) is 20.6 Å². The number of rotatable bonds is 7. The first kappa shape index (κ1) is 21.7. The first-order valence-corrected chi connectivity index (χ1v) is 9.96. The summed E-state index contributed by atoms with van der Waals surface area (Å²) in [6.07, 6.45) is 1.39. The number of halogens is 2. The molecule has 0 spiro atoms. The quantitative estimate of drug-likeness (QED) is 0.402. The second-order valence-corrected chi connectivity index (χ2v) is 7.75. The maximum Gasteiger partial charge on any atom is 0.338 e. The molecule has 2 aromatic carbocycles. The highest BCUT2D eigenvalue weighted by molar-refractivity contribution is 6.42. The lowest BCUT2D eigenvalue weighted by atomic mass is 10.2. The van der Waals surface area contributed by atoms with Crippen LogP contribution in [-0.2, 0) is 4.74 Å². The zero-order chi connectivity index (χ0) is 21.7. The Bertz CT molecular complexity index is 1040. The zero-order valence-electron chi connectivity index (χ0n) is 16.4. The fraction of sp³-hybridized carbons (Fsp3) is 0.190. The van der Waals surface area contributed by atoms with Crippen LogP contribution in [0.25, 0.3) is 0 Å². The molecule has 0 saturated heterocycles. The Hall–Kier alpha value is -3.03. The number of carbonyl (C=O) groups excluding carboxylic acids is 1. The number of aromatic nitrogens is 2. The molecule has 1 heterocycles. The molecule has 0 fully saturated rings. The molecule has 9 heteroatoms. The van der Waals surface area contributed by atoms with E-state index in [9.17, 15) is 4.79 Å². The predicted molar refractivity (Wildman–Crippen MR) is 121 cm³/mol. The van der Waals surface area contributed by atoms with Gasteiger partial charge in [-0.05, 0) is 48.4 Å². The van der Waals surface area contributed by atoms with Crippen molar-refractivity contribution < 1.29 is 9.53 Å². The number of nitrogen functional groups attached to an aromatic ring is 1. The van der Waals surface area contributed by atoms with E-state index in [0.717, 1.165) is 0 Å². The number of ether oxygens (including phenoxy) is 1. The van der Waals surface area contributed by atoms with Crippen molar-refractivity contribution in [2.75, 3.05) is 23.0 Å². The van der Waals surface area contributed by atoms with E-state index in [0.29, 0.717) is 50.9 Å². The fourth-order valence-electron chi connectivity index (χ4n) is 2.46. The van der Waals surface area contributed by atoms with Crippen LogP contribution < -0.4 is 16.4 Å². The van der Waals surface area contributed by atoms with Crippen molar-refractivity contribution in [2.24, 2.45) is 5.92 Å². The molecule has 0 unspecified atom stereocenters. The predicted octanol–water partition coefficient (Wildman–Crippen LogP) is 5.67. The maximum atomic E-state index is 12.0. The van der Waals surface area contributed by atoms with E-state index in [1.165, 1.54) is 6.33 Å². The molecule has 0 atom stereocenters. The second-order valence-electron chi connectivity index (χ2n) is 6.93. The summed E-state index contributed by atoms with van der Waals surface area (Å²) < 4.78 is 5.23. The van der Waals surface area contributed by atoms with Gasteiger partial charge < -0.3 is 21.1 Å². The van der Waals surface area contributed by atoms with E-state index in [-0.39, 0.29) is 11.9 Å². The van der Waals surface area contributed by atoms with Crippen LogP contribution in [0.3, 0.4) is 0 Å². The van der Waals surface area contributed by atoms with Gasteiger partial charge in [0.15, 0.2) is 11.6 Å². The summed E-state index contributed by atoms with van der Waals surface area (Å²) in [5.74, 6) is 0.759. The van der Waals surface area contributed by atoms with Crippen LogP contribution in [0.1, 0.15) is 24.2 Å². The third-order valence-electron chi connectivity index (χ3n) is 4.00. The van der Waals surface area contributed by atoms with E-state index >= 15 is 0 Å². The van der Waals surface area contributed by atoms with Gasteiger partial charge in [-0.15, -0.1) is 0 Å². The Morgan fingerprint density at radius 2 is 1.60 bits per heavy atom. The molecule has 3 aromatic rings. The number of benzene rings is 2. The van der Waals surface area contributed by atoms with Crippen LogP contribution in [0.2, 0.25) is 10.0 Å². The molecular formula is C21H21Cl2N5O2. The molecule has 1 aromatic heterocycles. The van der Waals surface area contributed by atoms with Crippen molar-refractivity contribution in [3.63, 3.8) is 0 Å². The van der Waals surface area contributed by atoms with Gasteiger partial charge in [0.1, 0.15) is 12.0 Å². The standard InChI is InChI=1S/C21H21Cl2N5O2/c1-12(2)10-30-21(29)13-3-5-14(6-4-13)27-19-18(24)20(26-11-25-19)28-15-7-8-16(22)17(23)9-15/h3-9,11-12H,10,24H2,1-2H3,(H2,25,26,27,28). The van der Waals surface area contributed by atoms with Crippen LogP contribution in [0.5, 0.6) is 0 Å². The van der Waals surface area contributed by atoms with Crippen molar-refractivity contribution in [1.29, 1.82) is 0 Å². The average molecular weight is 446 g/mol. The Morgan fingerprint density at radius 3 is 2.20 bits per heavy atom. The highest BCUT2D eigenvalue weighted by Gasteiger charge is 2.11. The molecule has 0 saturated carbocycles. The lowest BCUT2D eigenvalue weighted by molar-refractivity contribution is 0.0459. The Labute approximate surface area is 184 Å². The number of esters is 1. The first-order chi connectivity index (χ1) is 14.3. The normalized spacial score (nSPS) is 10.7. The number of carbonyl (C=O) groups is 1. The van der Waals surface area contributed by atoms with Crippen LogP contribution in [-0.4, -0.2) is 22.5 Å². The van der Waals surface area contributed by atoms with Crippen molar-refractivity contribution in [3.05, 3.63) is 64.4 Å². The molecule has 0 aliphatic carbocycles. The molecule has 4 N–H and O–H groups in total. The van der Waals surface area contributed by atoms with Crippen LogP contribution in [0, 0.1) is 5.92 Å². The van der Waals surface area contributed by atoms with Gasteiger partial charge in [0.2, 0.25) is 0 Å². The number of nitrogens with one attached hydrogen (secondary N) is 2. The highest BCUT2D eigenvalue weighted by atomic mass is 35.5. The molecule has 0 bridgehead atoms. The minimum absolute atomic E-state index is 0.280. The Balaban J connectivity index is 1.72. The molecule has 7 nitrogen and oxygen atoms in total. The van der Waals surface area contributed by atoms with Gasteiger partial charge in [0, 0.05) is 11.4 Å². The van der Waals surface area contributed by atoms with E-state index in [4.69, 9.17) is 33.7 Å². The Morgan fingerprint density at radius 1 is 1.00 bits per heavy atom. The molecule has 30 heavy (non-hydrogen) atoms. The van der Waals surface area contributed by atoms with Crippen LogP contribution in [0.15, 0.2) is 48.8 Å². The van der Waals surface area contributed by atoms with Crippen molar-refractivity contribution in [3.8, 4) is 0 Å². The molecule has 0 radical (unpaired) electrons. The summed E-state index contributed by atoms with van der Waals surface area (Å²) in [5.41, 5.74) is 8.40. The Kier molecular flexibility index (Phi) is 6.97. The monoisotopic (exact) mass is 445 g/mol. The largest absolute Gasteiger partial charge is 0.462 e. The van der Waals surface area contributed by atoms with E-state index in [1.807, 2.05) is 13.8 Å². The number of anilines is 5. The molecule has 156 valence electrons. The molecular weight excluding hydrogens is 425 g/mol. The van der Waals surface area contributed by atoms with Crippen molar-refractivity contribution >= 4 is 57.9 Å². The van der Waals surface area contributed by atoms with E-state index < -0.39 is 0 Å². The number of nitrogens with zero attached hydrogens (tertiary/aromatic N) is 2. The van der Waals surface area contributed by atoms with Gasteiger partial charge in [0.25, 0.3) is 0 Å². The zero-order valence-corrected chi connectivity index (χ0v) is 18.0. The summed E-state index contributed by atoms with van der Waals surface area (Å²) in [5, 5.41) is 7.08. The molecule has 3 rings (SSSR count). The fourth-order valence-corrected chi connectivity index (χ4v) is 2.76. The summed E-state index contributed by atoms with van der Waals surface area (Å²) >= 11 is 12.0. The third kappa shape index (κ3) is 5.52. The summed E-state index contributed by atoms with van der Waals surface area (Å²) in [4.78, 5) is 20.4. The third-order valence-corrected chi connectivity index (χ3v) is 4.74. The van der Waals surface area contributed by atoms with Gasteiger partial charge >= 0.3 is 5.97 Å². The number of hydrogen-bond donors (Lipinski definition) is 3. The maximum absolute atomic E-state index is 12.0. The first-order valence-electron chi connectivity index (χ1n) is 9.20. The van der Waals surface area contributed by atoms with E-state index in [1.54, 1.807) is 42.5 Å². The SMILES string of the molecule is CC(C)COC(=O)c1ccc(Nc2ncnc(Nc3ccc(Cl)c(Cl)c3)c2N)cc1. The van der Waals surface area contributed by atoms with Crippen LogP contribution in [0.4, 0.5) is 28.7 Å². The van der Waals surface area contributed by atoms with Gasteiger partial charge in [-0.3, -0.25) is 0 Å². The van der Waals surface area contributed by atoms with Gasteiger partial charge in [0.05, 0.1) is 22.2 Å². The summed E-state index contributed by atoms with van der Waals surface area (Å²) in [6.45, 7) is 4.35. The topological polar surface area (TPSA) is 102 Å². The summed E-state index contributed by atoms with van der Waals surface area (Å²) in [6, 6.07) is 12.0. The molecule has 0 amide bonds. The number of hydrogen-bond acceptors (Lipinski definition) is 7. The second kappa shape index (κ2) is 9.65. The van der Waals surface area contributed by atoms with Crippen LogP contribution >= 0.6 is 23.2 Å². The van der Waals surface area contributed by atoms with Gasteiger partial charge in [-0.2, -0.15) is 0 Å². The van der Waals surface area contributed by atoms with Gasteiger partial charge in [-0.25, -0.2) is 14.8 Å². The van der Waals surface area contributed by atoms with Gasteiger partial charge in [-0.1, -0.05) is 37.0 Å². The minimum atomic E-state index is -0.357. The lowest BCUT2D eigenvalue weighted by Crippen LogP contribution is -2.10. The van der Waals surface area contributed by atoms with Crippen molar-refractivity contribution in [1.82, 2.24) is 9.97 Å². The average Bonchev–Trinajstić information content (AvgIpc) is 2.72. The smallest absolute Gasteiger partial charge is 0.338 e. The minimum Gasteiger partial charge on any atom is -0.462 e. The molecule has 0 aliphatic heterocycles. The number of nitrogens with two attached hydrogens (primary N) is 1.